The Morgan fingerprint density at radius 3 is 2.35 bits per heavy atom. The lowest BCUT2D eigenvalue weighted by molar-refractivity contribution is 0.204. The second-order valence-electron chi connectivity index (χ2n) is 8.42. The first-order chi connectivity index (χ1) is 12.5. The number of unbranched alkanes of at least 4 members (excludes halogenated alkanes) is 5. The first-order valence-corrected chi connectivity index (χ1v) is 14.0. The van der Waals surface area contributed by atoms with Gasteiger partial charge in [0, 0.05) is 0 Å². The highest BCUT2D eigenvalue weighted by atomic mass is 28.3. The van der Waals surface area contributed by atoms with E-state index in [0.717, 1.165) is 23.9 Å². The minimum Gasteiger partial charge on any atom is -0.304 e. The summed E-state index contributed by atoms with van der Waals surface area (Å²) in [4.78, 5) is 0. The molecule has 146 valence electrons. The van der Waals surface area contributed by atoms with E-state index >= 15 is 0 Å². The van der Waals surface area contributed by atoms with Crippen LogP contribution < -0.4 is 0 Å². The van der Waals surface area contributed by atoms with Gasteiger partial charge in [-0.1, -0.05) is 89.4 Å². The van der Waals surface area contributed by atoms with Crippen molar-refractivity contribution in [2.75, 3.05) is 6.54 Å². The van der Waals surface area contributed by atoms with E-state index in [4.69, 9.17) is 0 Å². The summed E-state index contributed by atoms with van der Waals surface area (Å²) in [6, 6.07) is 8.36. The lowest BCUT2D eigenvalue weighted by atomic mass is 10.1. The monoisotopic (exact) mass is 374 g/mol. The molecule has 26 heavy (non-hydrogen) atoms. The van der Waals surface area contributed by atoms with Crippen LogP contribution >= 0.6 is 0 Å². The first kappa shape index (κ1) is 21.1. The van der Waals surface area contributed by atoms with Crippen molar-refractivity contribution < 1.29 is 0 Å². The van der Waals surface area contributed by atoms with E-state index < -0.39 is 8.24 Å². The average molecular weight is 375 g/mol. The van der Waals surface area contributed by atoms with Gasteiger partial charge in [0.05, 0.1) is 5.52 Å². The normalized spacial score (nSPS) is 13.6. The van der Waals surface area contributed by atoms with Crippen LogP contribution in [0.15, 0.2) is 24.3 Å². The molecule has 0 aliphatic carbocycles. The molecule has 0 radical (unpaired) electrons. The van der Waals surface area contributed by atoms with Crippen molar-refractivity contribution in [2.24, 2.45) is 0 Å². The minimum absolute atomic E-state index is 0.328. The van der Waals surface area contributed by atoms with E-state index in [1.165, 1.54) is 45.1 Å². The third-order valence-corrected chi connectivity index (χ3v) is 7.43. The molecule has 4 nitrogen and oxygen atoms in total. The topological polar surface area (TPSA) is 34.0 Å². The van der Waals surface area contributed by atoms with Crippen LogP contribution in [0, 0.1) is 0 Å². The molecule has 0 spiro atoms. The molecule has 0 saturated carbocycles. The molecular weight excluding hydrogens is 336 g/mol. The molecule has 1 aromatic carbocycles. The van der Waals surface area contributed by atoms with Gasteiger partial charge >= 0.3 is 0 Å². The van der Waals surface area contributed by atoms with Crippen molar-refractivity contribution in [3.63, 3.8) is 0 Å². The largest absolute Gasteiger partial charge is 0.304 e. The Morgan fingerprint density at radius 2 is 1.65 bits per heavy atom. The molecule has 0 amide bonds. The van der Waals surface area contributed by atoms with Gasteiger partial charge in [-0.25, -0.2) is 4.68 Å². The van der Waals surface area contributed by atoms with Crippen molar-refractivity contribution in [3.05, 3.63) is 24.3 Å². The third-order valence-electron chi connectivity index (χ3n) is 5.18. The summed E-state index contributed by atoms with van der Waals surface area (Å²) in [5.74, 6) is 0. The van der Waals surface area contributed by atoms with Crippen molar-refractivity contribution in [3.8, 4) is 0 Å². The fraction of sp³-hybridized carbons (Fsp3) is 0.714. The number of para-hydroxylation sites is 1. The first-order valence-electron chi connectivity index (χ1n) is 10.6. The number of hydrogen-bond acceptors (Lipinski definition) is 3. The maximum absolute atomic E-state index is 4.56. The van der Waals surface area contributed by atoms with Crippen LogP contribution in [0.25, 0.3) is 11.0 Å². The number of hydrogen-bond donors (Lipinski definition) is 0. The van der Waals surface area contributed by atoms with E-state index in [1.54, 1.807) is 0 Å². The predicted octanol–water partition coefficient (Wildman–Crippen LogP) is 6.23. The SMILES string of the molecule is CCCCCCCCN(C(CCC)n1nnc2ccccc21)[Si](C)(C)C. The lowest BCUT2D eigenvalue weighted by Crippen LogP contribution is -2.50. The number of fused-ring (bicyclic) bond motifs is 1. The van der Waals surface area contributed by atoms with E-state index in [0.29, 0.717) is 6.17 Å². The van der Waals surface area contributed by atoms with Crippen molar-refractivity contribution in [1.29, 1.82) is 0 Å². The molecule has 1 heterocycles. The van der Waals surface area contributed by atoms with Gasteiger partial charge in [-0.3, -0.25) is 0 Å². The van der Waals surface area contributed by atoms with E-state index in [1.807, 2.05) is 6.07 Å². The molecule has 1 unspecified atom stereocenters. The molecule has 0 aliphatic heterocycles. The van der Waals surface area contributed by atoms with Crippen LogP contribution in [-0.2, 0) is 0 Å². The zero-order valence-electron chi connectivity index (χ0n) is 17.5. The van der Waals surface area contributed by atoms with E-state index in [2.05, 4.69) is 71.2 Å². The van der Waals surface area contributed by atoms with E-state index in [-0.39, 0.29) is 0 Å². The highest BCUT2D eigenvalue weighted by Gasteiger charge is 2.32. The summed E-state index contributed by atoms with van der Waals surface area (Å²) >= 11 is 0. The molecule has 1 aromatic heterocycles. The Hall–Kier alpha value is -1.20. The zero-order chi connectivity index (χ0) is 19.0. The standard InChI is InChI=1S/C21H38N4Si/c1-6-8-9-10-11-14-18-24(26(3,4)5)21(15-7-2)25-20-17-13-12-16-19(20)22-23-25/h12-13,16-17,21H,6-11,14-15,18H2,1-5H3. The molecule has 0 N–H and O–H groups in total. The molecule has 0 bridgehead atoms. The van der Waals surface area contributed by atoms with Gasteiger partial charge in [0.15, 0.2) is 0 Å². The Bertz CT molecular complexity index is 647. The van der Waals surface area contributed by atoms with Gasteiger partial charge in [-0.15, -0.1) is 5.10 Å². The van der Waals surface area contributed by atoms with Gasteiger partial charge in [-0.2, -0.15) is 0 Å². The number of rotatable bonds is 12. The van der Waals surface area contributed by atoms with Gasteiger partial charge < -0.3 is 4.57 Å². The summed E-state index contributed by atoms with van der Waals surface area (Å²) < 4.78 is 4.96. The highest BCUT2D eigenvalue weighted by molar-refractivity contribution is 6.73. The lowest BCUT2D eigenvalue weighted by Gasteiger charge is -2.40. The quantitative estimate of drug-likeness (QED) is 0.326. The molecule has 0 saturated heterocycles. The minimum atomic E-state index is -1.46. The maximum atomic E-state index is 4.56. The molecule has 0 fully saturated rings. The molecular formula is C21H38N4Si. The van der Waals surface area contributed by atoms with Crippen LogP contribution in [0.1, 0.15) is 71.4 Å². The second kappa shape index (κ2) is 10.2. The molecule has 0 aliphatic rings. The molecule has 1 atom stereocenters. The van der Waals surface area contributed by atoms with E-state index in [9.17, 15) is 0 Å². The Kier molecular flexibility index (Phi) is 8.29. The van der Waals surface area contributed by atoms with Gasteiger partial charge in [0.2, 0.25) is 0 Å². The maximum Gasteiger partial charge on any atom is 0.121 e. The van der Waals surface area contributed by atoms with Crippen molar-refractivity contribution in [1.82, 2.24) is 19.6 Å². The zero-order valence-corrected chi connectivity index (χ0v) is 18.5. The average Bonchev–Trinajstić information content (AvgIpc) is 3.02. The summed E-state index contributed by atoms with van der Waals surface area (Å²) in [5.41, 5.74) is 2.17. The van der Waals surface area contributed by atoms with Crippen LogP contribution in [0.4, 0.5) is 0 Å². The smallest absolute Gasteiger partial charge is 0.121 e. The number of nitrogens with zero attached hydrogens (tertiary/aromatic N) is 4. The van der Waals surface area contributed by atoms with Crippen LogP contribution in [0.3, 0.4) is 0 Å². The van der Waals surface area contributed by atoms with Crippen molar-refractivity contribution in [2.45, 2.75) is 91.0 Å². The number of aromatic nitrogens is 3. The summed E-state index contributed by atoms with van der Waals surface area (Å²) in [5, 5.41) is 8.98. The second-order valence-corrected chi connectivity index (χ2v) is 13.3. The Labute approximate surface area is 161 Å². The number of benzene rings is 1. The Balaban J connectivity index is 2.16. The van der Waals surface area contributed by atoms with Crippen LogP contribution in [0.5, 0.6) is 0 Å². The molecule has 2 rings (SSSR count). The van der Waals surface area contributed by atoms with Gasteiger partial charge in [0.25, 0.3) is 0 Å². The fourth-order valence-corrected chi connectivity index (χ4v) is 5.73. The summed E-state index contributed by atoms with van der Waals surface area (Å²) in [7, 11) is -1.46. The molecule has 5 heteroatoms. The fourth-order valence-electron chi connectivity index (χ4n) is 3.77. The van der Waals surface area contributed by atoms with Crippen LogP contribution in [0.2, 0.25) is 19.6 Å². The summed E-state index contributed by atoms with van der Waals surface area (Å²) in [6.07, 6.45) is 10.7. The third kappa shape index (κ3) is 5.65. The summed E-state index contributed by atoms with van der Waals surface area (Å²) in [6.45, 7) is 13.1. The highest BCUT2D eigenvalue weighted by Crippen LogP contribution is 2.28. The predicted molar refractivity (Wildman–Crippen MR) is 115 cm³/mol. The Morgan fingerprint density at radius 1 is 0.962 bits per heavy atom. The molecule has 2 aromatic rings. The van der Waals surface area contributed by atoms with Gasteiger partial charge in [0.1, 0.15) is 19.9 Å². The van der Waals surface area contributed by atoms with Crippen molar-refractivity contribution >= 4 is 19.3 Å². The van der Waals surface area contributed by atoms with Gasteiger partial charge in [-0.05, 0) is 31.5 Å². The van der Waals surface area contributed by atoms with Crippen LogP contribution in [-0.4, -0.2) is 34.3 Å².